The fourth-order valence-corrected chi connectivity index (χ4v) is 0.902. The zero-order valence-corrected chi connectivity index (χ0v) is 4.81. The fraction of sp³-hybridized carbons (Fsp3) is 1.00. The average molecular weight is 116 g/mol. The minimum Gasteiger partial charge on any atom is -0.379 e. The van der Waals surface area contributed by atoms with Crippen molar-refractivity contribution >= 4 is 0 Å². The molecule has 1 heteroatoms. The second kappa shape index (κ2) is 3.90. The zero-order valence-electron chi connectivity index (χ0n) is 4.81. The van der Waals surface area contributed by atoms with E-state index in [1.54, 1.807) is 0 Å². The Morgan fingerprint density at radius 2 is 2.12 bits per heavy atom. The van der Waals surface area contributed by atoms with E-state index in [4.69, 9.17) is 4.74 Å². The molecule has 0 spiro atoms. The maximum absolute atomic E-state index is 5.28. The van der Waals surface area contributed by atoms with E-state index in [1.165, 1.54) is 19.3 Å². The Balaban J connectivity index is 0.000000490. The van der Waals surface area contributed by atoms with Gasteiger partial charge in [-0.15, -0.1) is 0 Å². The lowest BCUT2D eigenvalue weighted by molar-refractivity contribution is 0.0285. The van der Waals surface area contributed by atoms with Gasteiger partial charge in [-0.05, 0) is 26.2 Å². The second-order valence-corrected chi connectivity index (χ2v) is 2.18. The van der Waals surface area contributed by atoms with Gasteiger partial charge in [-0.1, -0.05) is 7.43 Å². The summed E-state index contributed by atoms with van der Waals surface area (Å²) in [5, 5.41) is 0. The Morgan fingerprint density at radius 1 is 1.38 bits per heavy atom. The highest BCUT2D eigenvalue weighted by molar-refractivity contribution is 4.55. The first-order chi connectivity index (χ1) is 3.39. The quantitative estimate of drug-likeness (QED) is 0.471. The van der Waals surface area contributed by atoms with Gasteiger partial charge in [-0.3, -0.25) is 0 Å². The molecule has 0 aromatic carbocycles. The van der Waals surface area contributed by atoms with Crippen LogP contribution in [0.1, 0.15) is 33.6 Å². The second-order valence-electron chi connectivity index (χ2n) is 2.18. The Hall–Kier alpha value is -0.0400. The van der Waals surface area contributed by atoms with Gasteiger partial charge in [0.15, 0.2) is 0 Å². The standard InChI is InChI=1S/C6H12O.CH4/c1-6-4-2-3-5-7-6;/h6H,2-5H2,1H3;1H4. The molecule has 1 heterocycles. The lowest BCUT2D eigenvalue weighted by atomic mass is 10.1. The molecule has 1 nitrogen and oxygen atoms in total. The van der Waals surface area contributed by atoms with Gasteiger partial charge in [-0.2, -0.15) is 0 Å². The summed E-state index contributed by atoms with van der Waals surface area (Å²) in [4.78, 5) is 0. The van der Waals surface area contributed by atoms with E-state index in [-0.39, 0.29) is 7.43 Å². The van der Waals surface area contributed by atoms with Crippen LogP contribution in [0.25, 0.3) is 0 Å². The lowest BCUT2D eigenvalue weighted by Gasteiger charge is -2.17. The Bertz CT molecular complexity index is 46.3. The van der Waals surface area contributed by atoms with E-state index in [0.29, 0.717) is 6.10 Å². The van der Waals surface area contributed by atoms with E-state index in [1.807, 2.05) is 0 Å². The Kier molecular flexibility index (Phi) is 3.88. The molecule has 50 valence electrons. The molecule has 1 unspecified atom stereocenters. The number of ether oxygens (including phenoxy) is 1. The summed E-state index contributed by atoms with van der Waals surface area (Å²) in [7, 11) is 0. The third-order valence-corrected chi connectivity index (χ3v) is 1.41. The molecule has 0 saturated carbocycles. The summed E-state index contributed by atoms with van der Waals surface area (Å²) in [5.74, 6) is 0. The highest BCUT2D eigenvalue weighted by Crippen LogP contribution is 2.10. The molecular weight excluding hydrogens is 100 g/mol. The van der Waals surface area contributed by atoms with Crippen molar-refractivity contribution in [3.05, 3.63) is 0 Å². The molecule has 0 bridgehead atoms. The van der Waals surface area contributed by atoms with Gasteiger partial charge in [0.2, 0.25) is 0 Å². The largest absolute Gasteiger partial charge is 0.379 e. The van der Waals surface area contributed by atoms with Crippen LogP contribution >= 0.6 is 0 Å². The molecule has 1 atom stereocenters. The fourth-order valence-electron chi connectivity index (χ4n) is 0.902. The molecular formula is C7H16O. The number of rotatable bonds is 0. The molecule has 8 heavy (non-hydrogen) atoms. The van der Waals surface area contributed by atoms with Gasteiger partial charge >= 0.3 is 0 Å². The molecule has 1 aliphatic heterocycles. The topological polar surface area (TPSA) is 9.23 Å². The molecule has 0 amide bonds. The Morgan fingerprint density at radius 3 is 2.38 bits per heavy atom. The van der Waals surface area contributed by atoms with Gasteiger partial charge in [0.25, 0.3) is 0 Å². The van der Waals surface area contributed by atoms with Crippen molar-refractivity contribution in [2.75, 3.05) is 6.61 Å². The van der Waals surface area contributed by atoms with Crippen molar-refractivity contribution in [1.29, 1.82) is 0 Å². The maximum atomic E-state index is 5.28. The summed E-state index contributed by atoms with van der Waals surface area (Å²) in [6.45, 7) is 3.13. The SMILES string of the molecule is C.CC1CCCCO1. The molecule has 0 aromatic rings. The van der Waals surface area contributed by atoms with Crippen LogP contribution in [-0.2, 0) is 4.74 Å². The van der Waals surface area contributed by atoms with Crippen LogP contribution in [0.2, 0.25) is 0 Å². The molecule has 1 aliphatic rings. The van der Waals surface area contributed by atoms with Gasteiger partial charge < -0.3 is 4.74 Å². The monoisotopic (exact) mass is 116 g/mol. The average Bonchev–Trinajstić information content (AvgIpc) is 1.69. The van der Waals surface area contributed by atoms with Crippen molar-refractivity contribution in [2.45, 2.75) is 39.7 Å². The van der Waals surface area contributed by atoms with E-state index >= 15 is 0 Å². The lowest BCUT2D eigenvalue weighted by Crippen LogP contribution is -2.14. The predicted molar refractivity (Wildman–Crippen MR) is 36.0 cm³/mol. The van der Waals surface area contributed by atoms with Crippen molar-refractivity contribution in [3.63, 3.8) is 0 Å². The molecule has 1 saturated heterocycles. The van der Waals surface area contributed by atoms with Crippen molar-refractivity contribution < 1.29 is 4.74 Å². The molecule has 0 radical (unpaired) electrons. The summed E-state index contributed by atoms with van der Waals surface area (Å²) in [6, 6.07) is 0. The van der Waals surface area contributed by atoms with Crippen LogP contribution in [-0.4, -0.2) is 12.7 Å². The van der Waals surface area contributed by atoms with E-state index in [9.17, 15) is 0 Å². The highest BCUT2D eigenvalue weighted by Gasteiger charge is 2.05. The minimum atomic E-state index is 0. The van der Waals surface area contributed by atoms with Crippen LogP contribution in [0.5, 0.6) is 0 Å². The highest BCUT2D eigenvalue weighted by atomic mass is 16.5. The minimum absolute atomic E-state index is 0. The number of hydrogen-bond donors (Lipinski definition) is 0. The Labute approximate surface area is 52.0 Å². The van der Waals surface area contributed by atoms with E-state index in [0.717, 1.165) is 6.61 Å². The molecule has 0 aromatic heterocycles. The van der Waals surface area contributed by atoms with Crippen LogP contribution in [0.3, 0.4) is 0 Å². The maximum Gasteiger partial charge on any atom is 0.0547 e. The van der Waals surface area contributed by atoms with E-state index in [2.05, 4.69) is 6.92 Å². The number of hydrogen-bond acceptors (Lipinski definition) is 1. The van der Waals surface area contributed by atoms with Crippen molar-refractivity contribution in [3.8, 4) is 0 Å². The van der Waals surface area contributed by atoms with Gasteiger partial charge in [0.1, 0.15) is 0 Å². The first-order valence-corrected chi connectivity index (χ1v) is 3.01. The van der Waals surface area contributed by atoms with Gasteiger partial charge in [0.05, 0.1) is 6.10 Å². The predicted octanol–water partition coefficient (Wildman–Crippen LogP) is 2.21. The van der Waals surface area contributed by atoms with Gasteiger partial charge in [0, 0.05) is 6.61 Å². The van der Waals surface area contributed by atoms with Crippen molar-refractivity contribution in [1.82, 2.24) is 0 Å². The molecule has 0 N–H and O–H groups in total. The smallest absolute Gasteiger partial charge is 0.0547 e. The summed E-state index contributed by atoms with van der Waals surface area (Å²) >= 11 is 0. The van der Waals surface area contributed by atoms with Crippen LogP contribution in [0.4, 0.5) is 0 Å². The summed E-state index contributed by atoms with van der Waals surface area (Å²) < 4.78 is 5.28. The van der Waals surface area contributed by atoms with Crippen LogP contribution < -0.4 is 0 Å². The first kappa shape index (κ1) is 7.96. The van der Waals surface area contributed by atoms with Crippen molar-refractivity contribution in [2.24, 2.45) is 0 Å². The first-order valence-electron chi connectivity index (χ1n) is 3.01. The van der Waals surface area contributed by atoms with Gasteiger partial charge in [-0.25, -0.2) is 0 Å². The summed E-state index contributed by atoms with van der Waals surface area (Å²) in [6.07, 6.45) is 4.43. The summed E-state index contributed by atoms with van der Waals surface area (Å²) in [5.41, 5.74) is 0. The normalized spacial score (nSPS) is 28.9. The third kappa shape index (κ3) is 2.31. The zero-order chi connectivity index (χ0) is 5.11. The van der Waals surface area contributed by atoms with Crippen LogP contribution in [0.15, 0.2) is 0 Å². The molecule has 1 rings (SSSR count). The third-order valence-electron chi connectivity index (χ3n) is 1.41. The molecule has 0 aliphatic carbocycles. The van der Waals surface area contributed by atoms with E-state index < -0.39 is 0 Å². The van der Waals surface area contributed by atoms with Crippen LogP contribution in [0, 0.1) is 0 Å². The molecule has 1 fully saturated rings.